The van der Waals surface area contributed by atoms with Gasteiger partial charge in [0.25, 0.3) is 0 Å². The minimum atomic E-state index is -0.712. The number of allylic oxidation sites excluding steroid dienone is 10. The van der Waals surface area contributed by atoms with Crippen LogP contribution in [0.2, 0.25) is 0 Å². The maximum Gasteiger partial charge on any atom is 0.303 e. The zero-order chi connectivity index (χ0) is 51.8. The van der Waals surface area contributed by atoms with Gasteiger partial charge >= 0.3 is 11.9 Å². The lowest BCUT2D eigenvalue weighted by Crippen LogP contribution is -2.28. The third kappa shape index (κ3) is 10.8. The number of fused-ring (bicyclic) bond motifs is 4. The van der Waals surface area contributed by atoms with Crippen molar-refractivity contribution in [1.29, 1.82) is 0 Å². The molecule has 0 saturated heterocycles. The first-order valence-electron chi connectivity index (χ1n) is 26.5. The normalized spacial score (nSPS) is 18.9. The zero-order valence-electron chi connectivity index (χ0n) is 44.8. The Morgan fingerprint density at radius 2 is 0.833 bits per heavy atom. The molecule has 0 bridgehead atoms. The summed E-state index contributed by atoms with van der Waals surface area (Å²) in [6.45, 7) is 26.5. The van der Waals surface area contributed by atoms with Crippen LogP contribution in [0.25, 0.3) is 0 Å². The summed E-state index contributed by atoms with van der Waals surface area (Å²) in [4.78, 5) is 26.6. The Hall–Kier alpha value is -6.54. The number of para-hydroxylation sites is 4. The predicted octanol–water partition coefficient (Wildman–Crippen LogP) is 14.5. The Labute approximate surface area is 430 Å². The second-order valence-corrected chi connectivity index (χ2v) is 21.7. The van der Waals surface area contributed by atoms with Crippen molar-refractivity contribution in [2.45, 2.75) is 142 Å². The fourth-order valence-electron chi connectivity index (χ4n) is 11.8. The van der Waals surface area contributed by atoms with Gasteiger partial charge in [-0.2, -0.15) is 9.15 Å². The summed E-state index contributed by atoms with van der Waals surface area (Å²) in [7, 11) is 0. The van der Waals surface area contributed by atoms with Crippen LogP contribution in [-0.4, -0.2) is 68.9 Å². The molecule has 4 heterocycles. The topological polar surface area (TPSA) is 87.1 Å². The molecule has 0 saturated carbocycles. The quantitative estimate of drug-likeness (QED) is 0.0553. The number of carbonyl (C=O) groups is 2. The highest BCUT2D eigenvalue weighted by Crippen LogP contribution is 2.49. The van der Waals surface area contributed by atoms with Crippen molar-refractivity contribution in [3.63, 3.8) is 0 Å². The Balaban J connectivity index is 0.000000212. The molecule has 0 amide bonds. The summed E-state index contributed by atoms with van der Waals surface area (Å²) in [6, 6.07) is 34.8. The average molecular weight is 969 g/mol. The molecule has 2 N–H and O–H groups in total. The lowest BCUT2D eigenvalue weighted by atomic mass is 9.81. The van der Waals surface area contributed by atoms with E-state index >= 15 is 0 Å². The third-order valence-corrected chi connectivity index (χ3v) is 15.6. The van der Waals surface area contributed by atoms with Crippen LogP contribution in [0.3, 0.4) is 0 Å². The SMILES string of the molecule is CCN1C(=CC=CC2=[N+](CCCCCC(=O)O)c3ccccc3C2(C)C)C(C)(C)c2ccccc21.CCN1C(=CC=CC=CC2=[N+](CCCCCC(=O)O)c3ccccc3C2(C)C)C(C)(C)c2ccccc21. The summed E-state index contributed by atoms with van der Waals surface area (Å²) in [6.07, 6.45) is 23.5. The van der Waals surface area contributed by atoms with Crippen LogP contribution in [0.5, 0.6) is 0 Å². The second-order valence-electron chi connectivity index (χ2n) is 21.7. The van der Waals surface area contributed by atoms with E-state index in [1.165, 1.54) is 67.8 Å². The van der Waals surface area contributed by atoms with Crippen molar-refractivity contribution >= 4 is 46.1 Å². The Morgan fingerprint density at radius 3 is 1.25 bits per heavy atom. The van der Waals surface area contributed by atoms with Gasteiger partial charge in [-0.1, -0.05) is 125 Å². The zero-order valence-corrected chi connectivity index (χ0v) is 44.8. The maximum absolute atomic E-state index is 10.9. The van der Waals surface area contributed by atoms with Crippen molar-refractivity contribution in [2.24, 2.45) is 0 Å². The lowest BCUT2D eigenvalue weighted by Gasteiger charge is -2.25. The number of aliphatic carboxylic acids is 2. The molecule has 0 radical (unpaired) electrons. The molecule has 4 aliphatic heterocycles. The van der Waals surface area contributed by atoms with Gasteiger partial charge < -0.3 is 20.0 Å². The van der Waals surface area contributed by atoms with Crippen molar-refractivity contribution in [3.05, 3.63) is 179 Å². The number of carboxylic acids is 2. The average Bonchev–Trinajstić information content (AvgIpc) is 3.90. The van der Waals surface area contributed by atoms with Crippen molar-refractivity contribution in [1.82, 2.24) is 0 Å². The molecular weight excluding hydrogens is 889 g/mol. The van der Waals surface area contributed by atoms with Gasteiger partial charge in [0.1, 0.15) is 13.1 Å². The Morgan fingerprint density at radius 1 is 0.458 bits per heavy atom. The molecule has 4 aliphatic rings. The molecule has 378 valence electrons. The molecule has 4 aromatic rings. The molecule has 8 rings (SSSR count). The van der Waals surface area contributed by atoms with E-state index in [0.717, 1.165) is 64.7 Å². The van der Waals surface area contributed by atoms with Crippen LogP contribution in [0.1, 0.15) is 143 Å². The Bertz CT molecular complexity index is 2860. The molecule has 0 aliphatic carbocycles. The van der Waals surface area contributed by atoms with Crippen LogP contribution in [-0.2, 0) is 31.2 Å². The van der Waals surface area contributed by atoms with Crippen LogP contribution in [0, 0.1) is 0 Å². The molecule has 0 unspecified atom stereocenters. The molecule has 72 heavy (non-hydrogen) atoms. The first-order chi connectivity index (χ1) is 34.4. The van der Waals surface area contributed by atoms with E-state index in [2.05, 4.69) is 234 Å². The third-order valence-electron chi connectivity index (χ3n) is 15.6. The number of carboxylic acid groups (broad SMARTS) is 2. The minimum Gasteiger partial charge on any atom is -0.481 e. The number of hydrogen-bond donors (Lipinski definition) is 2. The molecular formula is C64H80N4O4+2. The molecule has 0 aromatic heterocycles. The number of unbranched alkanes of at least 4 members (excludes halogenated alkanes) is 4. The number of rotatable bonds is 19. The predicted molar refractivity (Wildman–Crippen MR) is 299 cm³/mol. The van der Waals surface area contributed by atoms with Crippen LogP contribution < -0.4 is 9.80 Å². The van der Waals surface area contributed by atoms with Gasteiger partial charge in [-0.05, 0) is 103 Å². The van der Waals surface area contributed by atoms with Gasteiger partial charge in [-0.25, -0.2) is 0 Å². The molecule has 0 atom stereocenters. The van der Waals surface area contributed by atoms with E-state index in [0.29, 0.717) is 0 Å². The highest BCUT2D eigenvalue weighted by atomic mass is 16.4. The highest BCUT2D eigenvalue weighted by Gasteiger charge is 2.46. The lowest BCUT2D eigenvalue weighted by molar-refractivity contribution is -0.438. The van der Waals surface area contributed by atoms with Gasteiger partial charge in [0.2, 0.25) is 11.4 Å². The van der Waals surface area contributed by atoms with Gasteiger partial charge in [0, 0.05) is 108 Å². The van der Waals surface area contributed by atoms with E-state index in [-0.39, 0.29) is 34.5 Å². The second kappa shape index (κ2) is 22.5. The Kier molecular flexibility index (Phi) is 16.6. The van der Waals surface area contributed by atoms with E-state index in [9.17, 15) is 9.59 Å². The number of anilines is 2. The first kappa shape index (κ1) is 53.3. The summed E-state index contributed by atoms with van der Waals surface area (Å²) in [5.74, 6) is -1.42. The van der Waals surface area contributed by atoms with Crippen LogP contribution in [0.15, 0.2) is 157 Å². The number of nitrogens with zero attached hydrogens (tertiary/aromatic N) is 4. The monoisotopic (exact) mass is 969 g/mol. The summed E-state index contributed by atoms with van der Waals surface area (Å²) in [5.41, 5.74) is 15.6. The van der Waals surface area contributed by atoms with Crippen molar-refractivity contribution in [3.8, 4) is 0 Å². The van der Waals surface area contributed by atoms with Gasteiger partial charge in [-0.3, -0.25) is 9.59 Å². The van der Waals surface area contributed by atoms with E-state index < -0.39 is 11.9 Å². The molecule has 8 nitrogen and oxygen atoms in total. The highest BCUT2D eigenvalue weighted by molar-refractivity contribution is 6.04. The summed E-state index contributed by atoms with van der Waals surface area (Å²) in [5, 5.41) is 17.9. The largest absolute Gasteiger partial charge is 0.481 e. The standard InChI is InChI=1S/C33H40N2O2.C31H38N2O2/c1-6-34-27-19-14-12-17-25(27)32(2,3)29(34)21-9-7-10-22-30-33(4,5)26-18-13-15-20-28(26)35(30)24-16-8-11-23-31(36)37;1-6-32-25-17-11-9-15-23(25)30(2,3)27(32)19-14-20-28-31(4,5)24-16-10-12-18-26(24)33(28)22-13-7-8-21-29(34)35/h7,9-10,12-15,17-22H,6,8,11,16,23-24H2,1-5H3;9-12,14-20H,6-8,13,21-22H2,1-5H3/p+2. The number of benzene rings is 4. The first-order valence-corrected chi connectivity index (χ1v) is 26.5. The van der Waals surface area contributed by atoms with Gasteiger partial charge in [-0.15, -0.1) is 0 Å². The van der Waals surface area contributed by atoms with E-state index in [4.69, 9.17) is 10.2 Å². The van der Waals surface area contributed by atoms with E-state index in [1.807, 2.05) is 0 Å². The van der Waals surface area contributed by atoms with Crippen molar-refractivity contribution in [2.75, 3.05) is 36.0 Å². The minimum absolute atomic E-state index is 0.0259. The number of likely N-dealkylation sites (N-methyl/N-ethyl adjacent to an activating group) is 2. The van der Waals surface area contributed by atoms with Gasteiger partial charge in [0.15, 0.2) is 11.4 Å². The van der Waals surface area contributed by atoms with Crippen LogP contribution >= 0.6 is 0 Å². The fraction of sp³-hybridized carbons (Fsp3) is 0.406. The van der Waals surface area contributed by atoms with Crippen LogP contribution in [0.4, 0.5) is 22.7 Å². The smallest absolute Gasteiger partial charge is 0.303 e. The van der Waals surface area contributed by atoms with Crippen molar-refractivity contribution < 1.29 is 29.0 Å². The molecule has 0 fully saturated rings. The molecule has 4 aromatic carbocycles. The van der Waals surface area contributed by atoms with E-state index in [1.54, 1.807) is 0 Å². The summed E-state index contributed by atoms with van der Waals surface area (Å²) >= 11 is 0. The molecule has 8 heteroatoms. The number of hydrogen-bond acceptors (Lipinski definition) is 4. The fourth-order valence-corrected chi connectivity index (χ4v) is 11.8. The summed E-state index contributed by atoms with van der Waals surface area (Å²) < 4.78 is 4.87. The molecule has 0 spiro atoms. The van der Waals surface area contributed by atoms with Gasteiger partial charge in [0.05, 0.1) is 10.8 Å². The maximum atomic E-state index is 10.9.